The molecule has 0 radical (unpaired) electrons. The highest BCUT2D eigenvalue weighted by Crippen LogP contribution is 2.25. The van der Waals surface area contributed by atoms with Crippen LogP contribution in [0.25, 0.3) is 0 Å². The number of aryl methyl sites for hydroxylation is 2. The van der Waals surface area contributed by atoms with Gasteiger partial charge in [-0.15, -0.1) is 0 Å². The second-order valence-corrected chi connectivity index (χ2v) is 6.83. The van der Waals surface area contributed by atoms with E-state index in [1.807, 2.05) is 0 Å². The first kappa shape index (κ1) is 17.0. The predicted molar refractivity (Wildman–Crippen MR) is 98.6 cm³/mol. The summed E-state index contributed by atoms with van der Waals surface area (Å²) < 4.78 is 7.23. The number of nitrogens with one attached hydrogen (secondary N) is 1. The van der Waals surface area contributed by atoms with E-state index in [1.165, 1.54) is 15.9 Å². The number of aromatic nitrogens is 4. The van der Waals surface area contributed by atoms with Crippen LogP contribution in [0.3, 0.4) is 0 Å². The molecule has 0 spiro atoms. The molecule has 4 rings (SSSR count). The van der Waals surface area contributed by atoms with Crippen LogP contribution in [0.5, 0.6) is 0 Å². The summed E-state index contributed by atoms with van der Waals surface area (Å²) in [5.74, 6) is 0.968. The SMILES string of the molecule is Cn1ncc(N2CCO[C@@H](CCNc3ncnc4c3CCC4)C2)cc1=O. The Morgan fingerprint density at radius 2 is 2.27 bits per heavy atom. The average molecular weight is 356 g/mol. The molecule has 2 aromatic heterocycles. The minimum absolute atomic E-state index is 0.0928. The molecule has 1 atom stereocenters. The molecule has 0 bridgehead atoms. The lowest BCUT2D eigenvalue weighted by molar-refractivity contribution is 0.0374. The Hall–Kier alpha value is -2.48. The summed E-state index contributed by atoms with van der Waals surface area (Å²) in [4.78, 5) is 22.7. The van der Waals surface area contributed by atoms with E-state index in [4.69, 9.17) is 4.74 Å². The van der Waals surface area contributed by atoms with Crippen molar-refractivity contribution in [3.05, 3.63) is 40.2 Å². The van der Waals surface area contributed by atoms with Crippen molar-refractivity contribution >= 4 is 11.5 Å². The van der Waals surface area contributed by atoms with Gasteiger partial charge in [0.25, 0.3) is 5.56 Å². The fourth-order valence-electron chi connectivity index (χ4n) is 3.62. The van der Waals surface area contributed by atoms with Crippen molar-refractivity contribution in [1.82, 2.24) is 19.7 Å². The van der Waals surface area contributed by atoms with Crippen molar-refractivity contribution < 1.29 is 4.74 Å². The van der Waals surface area contributed by atoms with Gasteiger partial charge >= 0.3 is 0 Å². The van der Waals surface area contributed by atoms with Crippen molar-refractivity contribution in [2.24, 2.45) is 7.05 Å². The third-order valence-corrected chi connectivity index (χ3v) is 5.09. The molecule has 0 amide bonds. The Morgan fingerprint density at radius 3 is 3.15 bits per heavy atom. The minimum Gasteiger partial charge on any atom is -0.374 e. The molecular formula is C18H24N6O2. The maximum Gasteiger partial charge on any atom is 0.268 e. The summed E-state index contributed by atoms with van der Waals surface area (Å²) in [7, 11) is 1.66. The number of morpholine rings is 1. The Kier molecular flexibility index (Phi) is 4.83. The Morgan fingerprint density at radius 1 is 1.35 bits per heavy atom. The van der Waals surface area contributed by atoms with Crippen molar-refractivity contribution in [3.8, 4) is 0 Å². The second kappa shape index (κ2) is 7.41. The highest BCUT2D eigenvalue weighted by molar-refractivity contribution is 5.48. The molecule has 1 N–H and O–H groups in total. The second-order valence-electron chi connectivity index (χ2n) is 6.83. The third-order valence-electron chi connectivity index (χ3n) is 5.09. The lowest BCUT2D eigenvalue weighted by atomic mass is 10.2. The number of nitrogens with zero attached hydrogens (tertiary/aromatic N) is 5. The number of ether oxygens (including phenoxy) is 1. The normalized spacial score (nSPS) is 19.4. The molecule has 26 heavy (non-hydrogen) atoms. The van der Waals surface area contributed by atoms with Crippen LogP contribution in [0.15, 0.2) is 23.4 Å². The standard InChI is InChI=1S/C18H24N6O2/c1-23-17(25)9-13(10-22-23)24-7-8-26-14(11-24)5-6-19-18-15-3-2-4-16(15)20-12-21-18/h9-10,12,14H,2-8,11H2,1H3,(H,19,20,21)/t14-/m0/s1. The van der Waals surface area contributed by atoms with Gasteiger partial charge in [-0.05, 0) is 25.7 Å². The molecule has 0 aromatic carbocycles. The molecule has 2 aromatic rings. The maximum absolute atomic E-state index is 11.8. The zero-order valence-electron chi connectivity index (χ0n) is 15.0. The van der Waals surface area contributed by atoms with E-state index < -0.39 is 0 Å². The smallest absolute Gasteiger partial charge is 0.268 e. The van der Waals surface area contributed by atoms with Gasteiger partial charge in [0.1, 0.15) is 12.1 Å². The summed E-state index contributed by atoms with van der Waals surface area (Å²) in [5.41, 5.74) is 3.22. The van der Waals surface area contributed by atoms with Crippen LogP contribution in [0, 0.1) is 0 Å². The number of hydrogen-bond acceptors (Lipinski definition) is 7. The van der Waals surface area contributed by atoms with E-state index in [9.17, 15) is 4.79 Å². The Bertz CT molecular complexity index is 837. The van der Waals surface area contributed by atoms with Crippen LogP contribution in [-0.4, -0.2) is 52.1 Å². The van der Waals surface area contributed by atoms with Gasteiger partial charge in [-0.1, -0.05) is 0 Å². The van der Waals surface area contributed by atoms with Gasteiger partial charge in [-0.3, -0.25) is 4.79 Å². The number of anilines is 2. The summed E-state index contributed by atoms with van der Waals surface area (Å²) >= 11 is 0. The first-order valence-electron chi connectivity index (χ1n) is 9.17. The monoisotopic (exact) mass is 356 g/mol. The van der Waals surface area contributed by atoms with Crippen LogP contribution >= 0.6 is 0 Å². The predicted octanol–water partition coefficient (Wildman–Crippen LogP) is 0.766. The lowest BCUT2D eigenvalue weighted by Crippen LogP contribution is -2.43. The lowest BCUT2D eigenvalue weighted by Gasteiger charge is -2.34. The summed E-state index contributed by atoms with van der Waals surface area (Å²) in [6, 6.07) is 1.64. The molecule has 0 unspecified atom stereocenters. The Balaban J connectivity index is 1.33. The first-order chi connectivity index (χ1) is 12.7. The van der Waals surface area contributed by atoms with Crippen molar-refractivity contribution in [3.63, 3.8) is 0 Å². The summed E-state index contributed by atoms with van der Waals surface area (Å²) in [6.45, 7) is 3.00. The molecule has 1 aliphatic carbocycles. The first-order valence-corrected chi connectivity index (χ1v) is 9.17. The van der Waals surface area contributed by atoms with Gasteiger partial charge in [0, 0.05) is 44.0 Å². The topological polar surface area (TPSA) is 85.2 Å². The van der Waals surface area contributed by atoms with Gasteiger partial charge in [-0.2, -0.15) is 5.10 Å². The van der Waals surface area contributed by atoms with E-state index in [0.717, 1.165) is 56.8 Å². The van der Waals surface area contributed by atoms with E-state index in [1.54, 1.807) is 25.6 Å². The van der Waals surface area contributed by atoms with Crippen LogP contribution in [-0.2, 0) is 24.6 Å². The maximum atomic E-state index is 11.8. The number of rotatable bonds is 5. The van der Waals surface area contributed by atoms with Gasteiger partial charge in [0.2, 0.25) is 0 Å². The molecule has 8 heteroatoms. The van der Waals surface area contributed by atoms with Gasteiger partial charge in [-0.25, -0.2) is 14.6 Å². The molecule has 1 fully saturated rings. The van der Waals surface area contributed by atoms with Crippen molar-refractivity contribution in [2.45, 2.75) is 31.8 Å². The van der Waals surface area contributed by atoms with E-state index in [0.29, 0.717) is 6.61 Å². The van der Waals surface area contributed by atoms with E-state index in [2.05, 4.69) is 25.3 Å². The highest BCUT2D eigenvalue weighted by atomic mass is 16.5. The molecule has 1 saturated heterocycles. The third kappa shape index (κ3) is 3.55. The summed E-state index contributed by atoms with van der Waals surface area (Å²) in [6.07, 6.45) is 7.66. The minimum atomic E-state index is -0.0928. The summed E-state index contributed by atoms with van der Waals surface area (Å²) in [5, 5.41) is 7.56. The number of fused-ring (bicyclic) bond motifs is 1. The van der Waals surface area contributed by atoms with E-state index >= 15 is 0 Å². The number of hydrogen-bond donors (Lipinski definition) is 1. The highest BCUT2D eigenvalue weighted by Gasteiger charge is 2.22. The van der Waals surface area contributed by atoms with Crippen LogP contribution in [0.1, 0.15) is 24.1 Å². The van der Waals surface area contributed by atoms with Gasteiger partial charge < -0.3 is 15.0 Å². The van der Waals surface area contributed by atoms with E-state index in [-0.39, 0.29) is 11.7 Å². The fourth-order valence-corrected chi connectivity index (χ4v) is 3.62. The Labute approximate surface area is 152 Å². The molecule has 8 nitrogen and oxygen atoms in total. The fraction of sp³-hybridized carbons (Fsp3) is 0.556. The molecule has 0 saturated carbocycles. The molecule has 138 valence electrons. The zero-order chi connectivity index (χ0) is 17.9. The van der Waals surface area contributed by atoms with Crippen molar-refractivity contribution in [2.75, 3.05) is 36.5 Å². The molecule has 2 aliphatic rings. The largest absolute Gasteiger partial charge is 0.374 e. The van der Waals surface area contributed by atoms with Crippen LogP contribution < -0.4 is 15.8 Å². The van der Waals surface area contributed by atoms with Crippen LogP contribution in [0.2, 0.25) is 0 Å². The van der Waals surface area contributed by atoms with Crippen LogP contribution in [0.4, 0.5) is 11.5 Å². The quantitative estimate of drug-likeness (QED) is 0.847. The van der Waals surface area contributed by atoms with Gasteiger partial charge in [0.05, 0.1) is 24.6 Å². The average Bonchev–Trinajstić information content (AvgIpc) is 3.14. The van der Waals surface area contributed by atoms with Crippen molar-refractivity contribution in [1.29, 1.82) is 0 Å². The molecule has 1 aliphatic heterocycles. The molecular weight excluding hydrogens is 332 g/mol. The zero-order valence-corrected chi connectivity index (χ0v) is 15.0. The molecule has 3 heterocycles. The van der Waals surface area contributed by atoms with Gasteiger partial charge in [0.15, 0.2) is 0 Å².